The summed E-state index contributed by atoms with van der Waals surface area (Å²) in [5.74, 6) is 0.469. The van der Waals surface area contributed by atoms with Crippen molar-refractivity contribution in [3.05, 3.63) is 47.5 Å². The Labute approximate surface area is 116 Å². The molecule has 0 aromatic heterocycles. The second-order valence-electron chi connectivity index (χ2n) is 3.33. The van der Waals surface area contributed by atoms with Crippen LogP contribution in [0.1, 0.15) is 17.9 Å². The summed E-state index contributed by atoms with van der Waals surface area (Å²) >= 11 is 5.94. The van der Waals surface area contributed by atoms with E-state index in [1.165, 1.54) is 12.6 Å². The van der Waals surface area contributed by atoms with E-state index in [1.807, 2.05) is 31.3 Å². The molecule has 0 fully saturated rings. The maximum atomic E-state index is 5.94. The van der Waals surface area contributed by atoms with Gasteiger partial charge in [-0.25, -0.2) is 0 Å². The molecule has 0 heterocycles. The lowest BCUT2D eigenvalue weighted by Crippen LogP contribution is -2.16. The summed E-state index contributed by atoms with van der Waals surface area (Å²) in [6, 6.07) is 8.02. The first kappa shape index (κ1) is 18.8. The molecule has 0 radical (unpaired) electrons. The highest BCUT2D eigenvalue weighted by atomic mass is 35.5. The number of allylic oxidation sites excluding steroid dienone is 1. The number of nitrogens with one attached hydrogen (secondary N) is 1. The van der Waals surface area contributed by atoms with E-state index in [-0.39, 0.29) is 12.4 Å². The fraction of sp³-hybridized carbons (Fsp3) is 0.385. The zero-order chi connectivity index (χ0) is 12.4. The summed E-state index contributed by atoms with van der Waals surface area (Å²) in [5.41, 5.74) is 5.77. The SMILES string of the molecule is C=CCC(CNC)c1cccc(Cl)c1.CN.Cl. The van der Waals surface area contributed by atoms with Crippen molar-refractivity contribution in [2.75, 3.05) is 20.6 Å². The van der Waals surface area contributed by atoms with E-state index in [4.69, 9.17) is 11.6 Å². The highest BCUT2D eigenvalue weighted by molar-refractivity contribution is 6.30. The Bertz CT molecular complexity index is 303. The van der Waals surface area contributed by atoms with Gasteiger partial charge in [0.1, 0.15) is 0 Å². The summed E-state index contributed by atoms with van der Waals surface area (Å²) in [5, 5.41) is 3.98. The molecule has 1 rings (SSSR count). The fourth-order valence-electron chi connectivity index (χ4n) is 1.55. The standard InChI is InChI=1S/C12H16ClN.CH5N.ClH/c1-3-5-11(9-14-2)10-6-4-7-12(13)8-10;1-2;/h3-4,6-8,11,14H,1,5,9H2,2H3;2H2,1H3;1H. The molecule has 0 saturated heterocycles. The van der Waals surface area contributed by atoms with Crippen molar-refractivity contribution < 1.29 is 0 Å². The Kier molecular flexibility index (Phi) is 13.2. The van der Waals surface area contributed by atoms with Crippen LogP contribution in [0.2, 0.25) is 5.02 Å². The highest BCUT2D eigenvalue weighted by Crippen LogP contribution is 2.22. The summed E-state index contributed by atoms with van der Waals surface area (Å²) < 4.78 is 0. The number of halogens is 2. The predicted molar refractivity (Wildman–Crippen MR) is 80.3 cm³/mol. The molecule has 0 aliphatic carbocycles. The normalized spacial score (nSPS) is 10.6. The van der Waals surface area contributed by atoms with Crippen molar-refractivity contribution in [2.24, 2.45) is 5.73 Å². The van der Waals surface area contributed by atoms with Crippen LogP contribution in [0.3, 0.4) is 0 Å². The number of likely N-dealkylation sites (N-methyl/N-ethyl adjacent to an activating group) is 1. The van der Waals surface area contributed by atoms with Crippen LogP contribution in [0.4, 0.5) is 0 Å². The Morgan fingerprint density at radius 3 is 2.59 bits per heavy atom. The Morgan fingerprint density at radius 1 is 1.47 bits per heavy atom. The van der Waals surface area contributed by atoms with Gasteiger partial charge in [-0.15, -0.1) is 19.0 Å². The number of benzene rings is 1. The third-order valence-electron chi connectivity index (χ3n) is 2.22. The smallest absolute Gasteiger partial charge is 0.0408 e. The van der Waals surface area contributed by atoms with Crippen LogP contribution in [0.5, 0.6) is 0 Å². The van der Waals surface area contributed by atoms with Crippen LogP contribution in [-0.4, -0.2) is 20.6 Å². The Hall–Kier alpha value is -0.540. The molecular weight excluding hydrogens is 255 g/mol. The van der Waals surface area contributed by atoms with Crippen LogP contribution in [-0.2, 0) is 0 Å². The van der Waals surface area contributed by atoms with Gasteiger partial charge in [-0.1, -0.05) is 29.8 Å². The van der Waals surface area contributed by atoms with Crippen LogP contribution in [0, 0.1) is 0 Å². The highest BCUT2D eigenvalue weighted by Gasteiger charge is 2.08. The van der Waals surface area contributed by atoms with Gasteiger partial charge in [0.05, 0.1) is 0 Å². The van der Waals surface area contributed by atoms with Gasteiger partial charge in [0.2, 0.25) is 0 Å². The fourth-order valence-corrected chi connectivity index (χ4v) is 1.74. The Morgan fingerprint density at radius 2 is 2.12 bits per heavy atom. The largest absolute Gasteiger partial charge is 0.333 e. The molecule has 0 aliphatic rings. The van der Waals surface area contributed by atoms with E-state index in [9.17, 15) is 0 Å². The summed E-state index contributed by atoms with van der Waals surface area (Å²) in [4.78, 5) is 0. The van der Waals surface area contributed by atoms with Gasteiger partial charge in [0, 0.05) is 11.6 Å². The first-order valence-corrected chi connectivity index (χ1v) is 5.74. The van der Waals surface area contributed by atoms with E-state index < -0.39 is 0 Å². The van der Waals surface area contributed by atoms with E-state index in [1.54, 1.807) is 0 Å². The maximum Gasteiger partial charge on any atom is 0.0408 e. The van der Waals surface area contributed by atoms with Crippen LogP contribution < -0.4 is 11.1 Å². The van der Waals surface area contributed by atoms with Crippen molar-refractivity contribution >= 4 is 24.0 Å². The number of rotatable bonds is 5. The molecule has 1 unspecified atom stereocenters. The lowest BCUT2D eigenvalue weighted by Gasteiger charge is -2.15. The van der Waals surface area contributed by atoms with E-state index in [2.05, 4.69) is 23.7 Å². The molecule has 0 amide bonds. The summed E-state index contributed by atoms with van der Waals surface area (Å²) in [6.07, 6.45) is 2.92. The van der Waals surface area contributed by atoms with Crippen LogP contribution >= 0.6 is 24.0 Å². The van der Waals surface area contributed by atoms with Crippen LogP contribution in [0.15, 0.2) is 36.9 Å². The molecule has 0 aliphatic heterocycles. The minimum Gasteiger partial charge on any atom is -0.333 e. The molecule has 2 nitrogen and oxygen atoms in total. The molecule has 1 aromatic rings. The Balaban J connectivity index is 0. The average Bonchev–Trinajstić information content (AvgIpc) is 2.31. The van der Waals surface area contributed by atoms with Gasteiger partial charge in [0.15, 0.2) is 0 Å². The van der Waals surface area contributed by atoms with Gasteiger partial charge >= 0.3 is 0 Å². The molecule has 3 N–H and O–H groups in total. The third-order valence-corrected chi connectivity index (χ3v) is 2.46. The van der Waals surface area contributed by atoms with Crippen molar-refractivity contribution in [1.82, 2.24) is 5.32 Å². The lowest BCUT2D eigenvalue weighted by molar-refractivity contribution is 0.636. The molecule has 1 aromatic carbocycles. The molecule has 1 atom stereocenters. The first-order chi connectivity index (χ1) is 7.77. The molecule has 0 bridgehead atoms. The third kappa shape index (κ3) is 7.40. The van der Waals surface area contributed by atoms with Gasteiger partial charge in [0.25, 0.3) is 0 Å². The molecule has 17 heavy (non-hydrogen) atoms. The zero-order valence-electron chi connectivity index (χ0n) is 10.4. The van der Waals surface area contributed by atoms with E-state index in [0.29, 0.717) is 5.92 Å². The number of hydrogen-bond donors (Lipinski definition) is 2. The lowest BCUT2D eigenvalue weighted by atomic mass is 9.96. The number of nitrogens with two attached hydrogens (primary N) is 1. The quantitative estimate of drug-likeness (QED) is 0.811. The van der Waals surface area contributed by atoms with Crippen molar-refractivity contribution in [1.29, 1.82) is 0 Å². The minimum atomic E-state index is 0. The van der Waals surface area contributed by atoms with Gasteiger partial charge in [-0.3, -0.25) is 0 Å². The predicted octanol–water partition coefficient (Wildman–Crippen LogP) is 3.22. The summed E-state index contributed by atoms with van der Waals surface area (Å²) in [6.45, 7) is 4.72. The second kappa shape index (κ2) is 11.9. The first-order valence-electron chi connectivity index (χ1n) is 5.36. The van der Waals surface area contributed by atoms with Gasteiger partial charge in [-0.05, 0) is 44.1 Å². The molecular formula is C13H22Cl2N2. The average molecular weight is 277 g/mol. The van der Waals surface area contributed by atoms with Crippen LogP contribution in [0.25, 0.3) is 0 Å². The van der Waals surface area contributed by atoms with E-state index >= 15 is 0 Å². The van der Waals surface area contributed by atoms with Gasteiger partial charge < -0.3 is 11.1 Å². The van der Waals surface area contributed by atoms with Crippen molar-refractivity contribution in [3.8, 4) is 0 Å². The summed E-state index contributed by atoms with van der Waals surface area (Å²) in [7, 11) is 3.46. The topological polar surface area (TPSA) is 38.0 Å². The van der Waals surface area contributed by atoms with Gasteiger partial charge in [-0.2, -0.15) is 0 Å². The second-order valence-corrected chi connectivity index (χ2v) is 3.77. The van der Waals surface area contributed by atoms with Crippen molar-refractivity contribution in [3.63, 3.8) is 0 Å². The maximum absolute atomic E-state index is 5.94. The molecule has 4 heteroatoms. The van der Waals surface area contributed by atoms with E-state index in [0.717, 1.165) is 18.0 Å². The number of hydrogen-bond acceptors (Lipinski definition) is 2. The minimum absolute atomic E-state index is 0. The monoisotopic (exact) mass is 276 g/mol. The molecule has 0 saturated carbocycles. The molecule has 0 spiro atoms. The molecule has 98 valence electrons. The van der Waals surface area contributed by atoms with Crippen molar-refractivity contribution in [2.45, 2.75) is 12.3 Å². The zero-order valence-corrected chi connectivity index (χ0v) is 12.0.